The Bertz CT molecular complexity index is 599. The number of nitrogen functional groups attached to an aromatic ring is 1. The summed E-state index contributed by atoms with van der Waals surface area (Å²) in [5.41, 5.74) is 7.31. The molecule has 2 aromatic carbocycles. The van der Waals surface area contributed by atoms with Gasteiger partial charge in [-0.2, -0.15) is 0 Å². The lowest BCUT2D eigenvalue weighted by molar-refractivity contribution is -0.118. The van der Waals surface area contributed by atoms with E-state index in [0.29, 0.717) is 12.3 Å². The van der Waals surface area contributed by atoms with Gasteiger partial charge in [0.05, 0.1) is 12.9 Å². The quantitative estimate of drug-likeness (QED) is 0.636. The number of anilines is 1. The molecule has 0 aromatic heterocycles. The van der Waals surface area contributed by atoms with Crippen LogP contribution in [0, 0.1) is 0 Å². The van der Waals surface area contributed by atoms with Crippen LogP contribution in [0.25, 0.3) is 0 Å². The molecule has 0 aliphatic rings. The van der Waals surface area contributed by atoms with Crippen LogP contribution >= 0.6 is 11.8 Å². The third kappa shape index (κ3) is 4.72. The first-order chi connectivity index (χ1) is 10.2. The molecular formula is C16H18N2O2S. The van der Waals surface area contributed by atoms with Gasteiger partial charge < -0.3 is 15.8 Å². The van der Waals surface area contributed by atoms with E-state index in [4.69, 9.17) is 10.5 Å². The smallest absolute Gasteiger partial charge is 0.230 e. The average Bonchev–Trinajstić information content (AvgIpc) is 2.52. The number of methoxy groups -OCH3 is 1. The minimum Gasteiger partial charge on any atom is -0.496 e. The Balaban J connectivity index is 1.81. The van der Waals surface area contributed by atoms with E-state index >= 15 is 0 Å². The second-order valence-corrected chi connectivity index (χ2v) is 5.50. The second kappa shape index (κ2) is 7.59. The lowest BCUT2D eigenvalue weighted by Crippen LogP contribution is -2.24. The van der Waals surface area contributed by atoms with E-state index in [2.05, 4.69) is 5.32 Å². The van der Waals surface area contributed by atoms with Gasteiger partial charge in [-0.15, -0.1) is 11.8 Å². The Labute approximate surface area is 128 Å². The summed E-state index contributed by atoms with van der Waals surface area (Å²) >= 11 is 1.48. The maximum Gasteiger partial charge on any atom is 0.230 e. The van der Waals surface area contributed by atoms with Crippen LogP contribution < -0.4 is 15.8 Å². The normalized spacial score (nSPS) is 10.1. The van der Waals surface area contributed by atoms with E-state index in [0.717, 1.165) is 21.9 Å². The van der Waals surface area contributed by atoms with Crippen molar-refractivity contribution in [3.63, 3.8) is 0 Å². The molecular weight excluding hydrogens is 284 g/mol. The van der Waals surface area contributed by atoms with Crippen molar-refractivity contribution in [1.82, 2.24) is 5.32 Å². The minimum absolute atomic E-state index is 0.0114. The largest absolute Gasteiger partial charge is 0.496 e. The van der Waals surface area contributed by atoms with Gasteiger partial charge in [0.2, 0.25) is 5.91 Å². The third-order valence-corrected chi connectivity index (χ3v) is 3.93. The second-order valence-electron chi connectivity index (χ2n) is 4.45. The van der Waals surface area contributed by atoms with Crippen molar-refractivity contribution in [1.29, 1.82) is 0 Å². The molecule has 110 valence electrons. The first-order valence-electron chi connectivity index (χ1n) is 6.56. The van der Waals surface area contributed by atoms with E-state index in [1.54, 1.807) is 7.11 Å². The lowest BCUT2D eigenvalue weighted by Gasteiger charge is -2.09. The van der Waals surface area contributed by atoms with Crippen LogP contribution in [0.2, 0.25) is 0 Å². The van der Waals surface area contributed by atoms with Crippen LogP contribution in [0.3, 0.4) is 0 Å². The molecule has 0 saturated heterocycles. The molecule has 21 heavy (non-hydrogen) atoms. The Hall–Kier alpha value is -2.14. The van der Waals surface area contributed by atoms with Crippen molar-refractivity contribution < 1.29 is 9.53 Å². The zero-order chi connectivity index (χ0) is 15.1. The highest BCUT2D eigenvalue weighted by Crippen LogP contribution is 2.19. The van der Waals surface area contributed by atoms with Gasteiger partial charge in [-0.1, -0.05) is 18.2 Å². The molecule has 2 aromatic rings. The van der Waals surface area contributed by atoms with E-state index in [1.165, 1.54) is 11.8 Å². The number of carbonyl (C=O) groups excluding carboxylic acids is 1. The molecule has 0 bridgehead atoms. The fourth-order valence-electron chi connectivity index (χ4n) is 1.81. The van der Waals surface area contributed by atoms with Gasteiger partial charge in [-0.25, -0.2) is 0 Å². The summed E-state index contributed by atoms with van der Waals surface area (Å²) in [5.74, 6) is 1.14. The molecule has 4 nitrogen and oxygen atoms in total. The zero-order valence-corrected chi connectivity index (χ0v) is 12.7. The molecule has 1 amide bonds. The molecule has 0 unspecified atom stereocenters. The zero-order valence-electron chi connectivity index (χ0n) is 11.8. The van der Waals surface area contributed by atoms with Crippen LogP contribution in [0.5, 0.6) is 5.75 Å². The summed E-state index contributed by atoms with van der Waals surface area (Å²) < 4.78 is 5.25. The maximum atomic E-state index is 11.9. The van der Waals surface area contributed by atoms with Crippen molar-refractivity contribution in [2.75, 3.05) is 18.6 Å². The fourth-order valence-corrected chi connectivity index (χ4v) is 2.54. The minimum atomic E-state index is -0.0114. The molecule has 0 saturated carbocycles. The first-order valence-corrected chi connectivity index (χ1v) is 7.54. The van der Waals surface area contributed by atoms with Crippen molar-refractivity contribution in [3.05, 3.63) is 54.1 Å². The van der Waals surface area contributed by atoms with Crippen LogP contribution in [0.4, 0.5) is 5.69 Å². The molecule has 0 fully saturated rings. The molecule has 0 aliphatic heterocycles. The van der Waals surface area contributed by atoms with Gasteiger partial charge in [0.15, 0.2) is 0 Å². The molecule has 5 heteroatoms. The highest BCUT2D eigenvalue weighted by atomic mass is 32.2. The van der Waals surface area contributed by atoms with Crippen molar-refractivity contribution in [3.8, 4) is 5.75 Å². The van der Waals surface area contributed by atoms with E-state index < -0.39 is 0 Å². The number of nitrogens with two attached hydrogens (primary N) is 1. The van der Waals surface area contributed by atoms with Crippen LogP contribution in [-0.2, 0) is 11.3 Å². The van der Waals surface area contributed by atoms with E-state index in [9.17, 15) is 4.79 Å². The molecule has 0 radical (unpaired) electrons. The summed E-state index contributed by atoms with van der Waals surface area (Å²) in [5, 5.41) is 2.89. The summed E-state index contributed by atoms with van der Waals surface area (Å²) in [6.45, 7) is 0.463. The monoisotopic (exact) mass is 302 g/mol. The Kier molecular flexibility index (Phi) is 5.51. The van der Waals surface area contributed by atoms with Gasteiger partial charge in [0.25, 0.3) is 0 Å². The molecule has 0 heterocycles. The number of ether oxygens (including phenoxy) is 1. The Morgan fingerprint density at radius 3 is 2.62 bits per heavy atom. The predicted octanol–water partition coefficient (Wildman–Crippen LogP) is 2.69. The molecule has 0 atom stereocenters. The summed E-state index contributed by atoms with van der Waals surface area (Å²) in [6.07, 6.45) is 0. The summed E-state index contributed by atoms with van der Waals surface area (Å²) in [7, 11) is 1.62. The van der Waals surface area contributed by atoms with Crippen LogP contribution in [0.1, 0.15) is 5.56 Å². The first kappa shape index (κ1) is 15.3. The number of nitrogens with one attached hydrogen (secondary N) is 1. The summed E-state index contributed by atoms with van der Waals surface area (Å²) in [6, 6.07) is 15.1. The lowest BCUT2D eigenvalue weighted by atomic mass is 10.2. The Morgan fingerprint density at radius 2 is 1.90 bits per heavy atom. The summed E-state index contributed by atoms with van der Waals surface area (Å²) in [4.78, 5) is 12.9. The number of hydrogen-bond acceptors (Lipinski definition) is 4. The van der Waals surface area contributed by atoms with E-state index in [1.807, 2.05) is 48.5 Å². The highest BCUT2D eigenvalue weighted by molar-refractivity contribution is 8.00. The number of para-hydroxylation sites is 1. The number of carbonyl (C=O) groups is 1. The standard InChI is InChI=1S/C16H18N2O2S/c1-20-15-5-3-2-4-12(15)10-18-16(19)11-21-14-8-6-13(17)7-9-14/h2-9H,10-11,17H2,1H3,(H,18,19). The van der Waals surface area contributed by atoms with Crippen molar-refractivity contribution in [2.45, 2.75) is 11.4 Å². The van der Waals surface area contributed by atoms with Crippen molar-refractivity contribution in [2.24, 2.45) is 0 Å². The number of benzene rings is 2. The topological polar surface area (TPSA) is 64.3 Å². The Morgan fingerprint density at radius 1 is 1.19 bits per heavy atom. The maximum absolute atomic E-state index is 11.9. The van der Waals surface area contributed by atoms with Crippen molar-refractivity contribution >= 4 is 23.4 Å². The van der Waals surface area contributed by atoms with Gasteiger partial charge in [0.1, 0.15) is 5.75 Å². The number of rotatable bonds is 6. The number of thioether (sulfide) groups is 1. The van der Waals surface area contributed by atoms with E-state index in [-0.39, 0.29) is 5.91 Å². The van der Waals surface area contributed by atoms with Gasteiger partial charge >= 0.3 is 0 Å². The molecule has 3 N–H and O–H groups in total. The number of hydrogen-bond donors (Lipinski definition) is 2. The van der Waals surface area contributed by atoms with Crippen LogP contribution in [-0.4, -0.2) is 18.8 Å². The highest BCUT2D eigenvalue weighted by Gasteiger charge is 2.05. The molecule has 0 spiro atoms. The molecule has 0 aliphatic carbocycles. The fraction of sp³-hybridized carbons (Fsp3) is 0.188. The van der Waals surface area contributed by atoms with Crippen LogP contribution in [0.15, 0.2) is 53.4 Å². The predicted molar refractivity (Wildman–Crippen MR) is 86.4 cm³/mol. The number of amides is 1. The van der Waals surface area contributed by atoms with Gasteiger partial charge in [-0.3, -0.25) is 4.79 Å². The average molecular weight is 302 g/mol. The van der Waals surface area contributed by atoms with Gasteiger partial charge in [-0.05, 0) is 30.3 Å². The third-order valence-electron chi connectivity index (χ3n) is 2.92. The SMILES string of the molecule is COc1ccccc1CNC(=O)CSc1ccc(N)cc1. The molecule has 2 rings (SSSR count). The van der Waals surface area contributed by atoms with Gasteiger partial charge in [0, 0.05) is 22.7 Å².